The van der Waals surface area contributed by atoms with Crippen molar-refractivity contribution in [3.8, 4) is 41.8 Å². The quantitative estimate of drug-likeness (QED) is 0.0525. The van der Waals surface area contributed by atoms with Crippen molar-refractivity contribution in [3.63, 3.8) is 0 Å². The fourth-order valence-corrected chi connectivity index (χ4v) is 18.3. The Kier molecular flexibility index (Phi) is 31.7. The average Bonchev–Trinajstić information content (AvgIpc) is 1.61. The number of rotatable bonds is 9. The number of fused-ring (bicyclic) bond motifs is 4. The standard InChI is InChI=1S/C19H17ClFN3O2S.C18H14BrClFN3O2S.C12H5BrClFN2OS.C12H6ClFN2OS.C6H10ClNO.C3H9B3O3.BHNS/c1-11-17-16(18(27-11)12-4-5-13(20)14(21)8-12)19(26)24(10-22-17)9-15(25)23-6-2-3-7-23;19-17-15-14(16(27-17)10-3-4-11(20)12(21)7-10)18(26)24(9-22-15)8-13(25)23-5-1-2-6-23;13-11-9-8(12(18)17-4-16-9)10(19-11)5-1-2-6(14)7(15)3-5;13-7-2-1-6(3-8(7)14)11-10-9(4-18-11)15-5-16-12(10)17;7-5-6(9)8-3-1-2-4-8;1-4-7-5(2)9-6(3)8-4;1-2-3/h4-5,8,10H,2-3,6-7,9H2,1H3;3-4,7,9H,1-2,5-6,8H2;1-4H,(H,16,17,18);1-5H,(H,15,16,17);1-5H2;1-3H3;3H. The van der Waals surface area contributed by atoms with Crippen LogP contribution >= 0.6 is 148 Å². The van der Waals surface area contributed by atoms with Crippen molar-refractivity contribution >= 4 is 238 Å². The fraction of sp³-hybridized carbons (Fsp3) is 0.271. The fourth-order valence-electron chi connectivity index (χ4n) is 12.1. The number of nitrogens with zero attached hydrogens (tertiary/aromatic N) is 10. The molecular weight excluding hydrogens is 1790 g/mol. The van der Waals surface area contributed by atoms with Gasteiger partial charge < -0.3 is 38.4 Å². The SMILES string of the molecule is CB1OB(C)OB(C)O1.Cc1sc(-c2ccc(Cl)c(F)c2)c2c(=O)n(CC(=O)N3CCCC3)cnc12.O=C(CCl)N1CCCC1.O=C(Cn1cnc2c(Br)sc(-c3ccc(Cl)c(F)c3)c2c1=O)N1CCCC1.O=c1[nH]cnc2c(Br)sc(-c3ccc(Cl)c(F)c3)c12.O=c1[nH]cnc2csc(-c3ccc(Cl)c(F)c3)c12.[B]=NS. The summed E-state index contributed by atoms with van der Waals surface area (Å²) in [4.78, 5) is 116. The summed E-state index contributed by atoms with van der Waals surface area (Å²) in [6.07, 6.45) is 11.8. The maximum atomic E-state index is 13.9. The van der Waals surface area contributed by atoms with Crippen LogP contribution in [0.3, 0.4) is 0 Å². The number of likely N-dealkylation sites (tertiary alicyclic amines) is 3. The van der Waals surface area contributed by atoms with Gasteiger partial charge in [0.05, 0.1) is 95.3 Å². The van der Waals surface area contributed by atoms with E-state index < -0.39 is 23.3 Å². The molecule has 16 rings (SSSR count). The maximum absolute atomic E-state index is 13.9. The van der Waals surface area contributed by atoms with Gasteiger partial charge in [0.2, 0.25) is 17.7 Å². The number of carbonyl (C=O) groups is 3. The van der Waals surface area contributed by atoms with Crippen molar-refractivity contribution in [2.75, 3.05) is 45.1 Å². The van der Waals surface area contributed by atoms with Gasteiger partial charge in [0.25, 0.3) is 22.2 Å². The Morgan fingerprint density at radius 1 is 0.527 bits per heavy atom. The van der Waals surface area contributed by atoms with Gasteiger partial charge in [-0.1, -0.05) is 70.7 Å². The second kappa shape index (κ2) is 40.6. The third-order valence-corrected chi connectivity index (χ3v) is 24.7. The number of thiol groups is 1. The van der Waals surface area contributed by atoms with Crippen LogP contribution in [-0.2, 0) is 41.2 Å². The van der Waals surface area contributed by atoms with E-state index in [2.05, 4.69) is 86.5 Å². The molecule has 3 amide bonds. The summed E-state index contributed by atoms with van der Waals surface area (Å²) in [6, 6.07) is 17.8. The van der Waals surface area contributed by atoms with E-state index in [1.807, 2.05) is 32.3 Å². The first-order valence-electron chi connectivity index (χ1n) is 34.1. The molecule has 0 aliphatic carbocycles. The van der Waals surface area contributed by atoms with Crippen LogP contribution in [0, 0.1) is 30.2 Å². The zero-order valence-corrected chi connectivity index (χ0v) is 70.6. The molecule has 12 heterocycles. The van der Waals surface area contributed by atoms with Gasteiger partial charge in [-0.05, 0) is 169 Å². The van der Waals surface area contributed by atoms with E-state index in [4.69, 9.17) is 71.7 Å². The van der Waals surface area contributed by atoms with Crippen molar-refractivity contribution in [2.45, 2.75) is 79.0 Å². The predicted molar refractivity (Wildman–Crippen MR) is 453 cm³/mol. The summed E-state index contributed by atoms with van der Waals surface area (Å²) in [5.74, 6) is -2.07. The molecule has 4 aromatic carbocycles. The van der Waals surface area contributed by atoms with Gasteiger partial charge in [-0.15, -0.1) is 56.9 Å². The van der Waals surface area contributed by atoms with Crippen LogP contribution < -0.4 is 22.2 Å². The molecular formula is C70H62B4Br2Cl5F4N12O10S5. The summed E-state index contributed by atoms with van der Waals surface area (Å²) in [5, 5.41) is 3.63. The number of aromatic amines is 2. The van der Waals surface area contributed by atoms with Gasteiger partial charge in [0, 0.05) is 59.3 Å². The normalized spacial score (nSPS) is 13.8. The summed E-state index contributed by atoms with van der Waals surface area (Å²) >= 11 is 43.5. The van der Waals surface area contributed by atoms with Crippen LogP contribution in [-0.4, -0.2) is 146 Å². The Morgan fingerprint density at radius 2 is 0.866 bits per heavy atom. The number of nitrogens with one attached hydrogen (secondary N) is 2. The molecule has 8 aromatic heterocycles. The Hall–Kier alpha value is -6.93. The van der Waals surface area contributed by atoms with Crippen LogP contribution in [0.1, 0.15) is 43.4 Å². The van der Waals surface area contributed by atoms with E-state index in [9.17, 15) is 51.1 Å². The van der Waals surface area contributed by atoms with E-state index in [-0.39, 0.29) is 100 Å². The zero-order chi connectivity index (χ0) is 80.8. The van der Waals surface area contributed by atoms with Gasteiger partial charge >= 0.3 is 46.1 Å². The van der Waals surface area contributed by atoms with Gasteiger partial charge in [-0.25, -0.2) is 37.5 Å². The molecule has 0 spiro atoms. The number of aryl methyl sites for hydroxylation is 1. The molecule has 4 aliphatic rings. The topological polar surface area (TPSA) is 262 Å². The summed E-state index contributed by atoms with van der Waals surface area (Å²) in [5.41, 5.74) is 3.50. The molecule has 12 aromatic rings. The van der Waals surface area contributed by atoms with Gasteiger partial charge in [-0.3, -0.25) is 42.7 Å². The number of H-pyrrole nitrogens is 2. The van der Waals surface area contributed by atoms with Crippen molar-refractivity contribution < 1.29 is 45.7 Å². The van der Waals surface area contributed by atoms with E-state index in [0.29, 0.717) is 89.2 Å². The first-order valence-corrected chi connectivity index (χ1v) is 41.4. The first-order chi connectivity index (χ1) is 53.6. The minimum atomic E-state index is -0.555. The number of thiophene rings is 4. The summed E-state index contributed by atoms with van der Waals surface area (Å²) in [6.45, 7) is 12.1. The third kappa shape index (κ3) is 21.6. The molecule has 4 saturated heterocycles. The number of hydrogen-bond acceptors (Lipinski definition) is 20. The summed E-state index contributed by atoms with van der Waals surface area (Å²) in [7, 11) is 3.93. The number of hydrogen-bond donors (Lipinski definition) is 3. The number of carbonyl (C=O) groups excluding carboxylic acids is 3. The number of amides is 3. The van der Waals surface area contributed by atoms with Crippen molar-refractivity contribution in [2.24, 2.45) is 4.30 Å². The molecule has 4 aliphatic heterocycles. The third-order valence-electron chi connectivity index (χ3n) is 17.3. The molecule has 0 bridgehead atoms. The molecule has 4 fully saturated rings. The molecule has 0 atom stereocenters. The van der Waals surface area contributed by atoms with Gasteiger partial charge in [0.1, 0.15) is 53.3 Å². The minimum absolute atomic E-state index is 0.0189. The Morgan fingerprint density at radius 3 is 1.27 bits per heavy atom. The molecule has 22 nitrogen and oxygen atoms in total. The molecule has 2 N–H and O–H groups in total. The average molecular weight is 1850 g/mol. The molecule has 0 unspecified atom stereocenters. The number of aromatic nitrogens is 8. The number of benzene rings is 4. The van der Waals surface area contributed by atoms with Crippen LogP contribution in [0.5, 0.6) is 0 Å². The molecule has 1 radical (unpaired) electrons. The second-order valence-electron chi connectivity index (χ2n) is 24.9. The van der Waals surface area contributed by atoms with Crippen LogP contribution in [0.4, 0.5) is 17.6 Å². The Balaban J connectivity index is 0.000000147. The first kappa shape index (κ1) is 87.5. The zero-order valence-electron chi connectivity index (χ0n) is 59.5. The van der Waals surface area contributed by atoms with Crippen molar-refractivity contribution in [1.82, 2.24) is 53.7 Å². The van der Waals surface area contributed by atoms with E-state index in [1.165, 1.54) is 128 Å². The van der Waals surface area contributed by atoms with Crippen molar-refractivity contribution in [3.05, 3.63) is 201 Å². The van der Waals surface area contributed by atoms with Crippen LogP contribution in [0.2, 0.25) is 40.6 Å². The van der Waals surface area contributed by atoms with E-state index in [0.717, 1.165) is 86.5 Å². The van der Waals surface area contributed by atoms with E-state index >= 15 is 0 Å². The second-order valence-corrected chi connectivity index (χ2v) is 33.8. The van der Waals surface area contributed by atoms with Crippen molar-refractivity contribution in [1.29, 1.82) is 0 Å². The Bertz CT molecular complexity index is 5520. The van der Waals surface area contributed by atoms with Gasteiger partial charge in [0.15, 0.2) is 0 Å². The molecule has 42 heteroatoms. The predicted octanol–water partition coefficient (Wildman–Crippen LogP) is 17.2. The summed E-state index contributed by atoms with van der Waals surface area (Å²) < 4.78 is 76.9. The monoisotopic (exact) mass is 1840 g/mol. The number of halogens is 11. The number of alkyl halides is 1. The molecule has 581 valence electrons. The van der Waals surface area contributed by atoms with Gasteiger partial charge in [-0.2, -0.15) is 0 Å². The van der Waals surface area contributed by atoms with E-state index in [1.54, 1.807) is 39.4 Å². The van der Waals surface area contributed by atoms with Crippen LogP contribution in [0.15, 0.2) is 135 Å². The van der Waals surface area contributed by atoms with Crippen LogP contribution in [0.25, 0.3) is 85.4 Å². The Labute approximate surface area is 702 Å². The molecule has 0 saturated carbocycles. The molecule has 112 heavy (non-hydrogen) atoms.